The molecule has 0 unspecified atom stereocenters. The van der Waals surface area contributed by atoms with E-state index in [1.165, 1.54) is 47.0 Å². The molecule has 158 valence electrons. The lowest BCUT2D eigenvalue weighted by Crippen LogP contribution is -2.17. The molecule has 3 aromatic rings. The van der Waals surface area contributed by atoms with Gasteiger partial charge in [-0.3, -0.25) is 4.79 Å². The number of amides is 1. The Morgan fingerprint density at radius 3 is 2.30 bits per heavy atom. The van der Waals surface area contributed by atoms with E-state index < -0.39 is 6.36 Å². The zero-order valence-electron chi connectivity index (χ0n) is 15.0. The molecule has 0 aliphatic carbocycles. The summed E-state index contributed by atoms with van der Waals surface area (Å²) < 4.78 is 41.7. The number of halogens is 4. The number of carbonyl (C=O) groups excluding carboxylic acids is 1. The van der Waals surface area contributed by atoms with Crippen molar-refractivity contribution in [2.24, 2.45) is 0 Å². The van der Waals surface area contributed by atoms with E-state index in [1.807, 2.05) is 24.3 Å². The molecule has 0 spiro atoms. The molecule has 0 radical (unpaired) electrons. The van der Waals surface area contributed by atoms with E-state index in [0.717, 1.165) is 27.8 Å². The molecule has 0 saturated carbocycles. The molecular formula is C18H13ClF3N3O2S3. The van der Waals surface area contributed by atoms with Gasteiger partial charge in [0.2, 0.25) is 5.91 Å². The van der Waals surface area contributed by atoms with Crippen LogP contribution >= 0.6 is 46.5 Å². The monoisotopic (exact) mass is 491 g/mol. The van der Waals surface area contributed by atoms with Crippen LogP contribution in [-0.2, 0) is 10.5 Å². The maximum Gasteiger partial charge on any atom is 0.573 e. The summed E-state index contributed by atoms with van der Waals surface area (Å²) in [6, 6.07) is 12.5. The summed E-state index contributed by atoms with van der Waals surface area (Å²) in [5.41, 5.74) is 1.48. The van der Waals surface area contributed by atoms with E-state index in [-0.39, 0.29) is 17.4 Å². The van der Waals surface area contributed by atoms with E-state index >= 15 is 0 Å². The number of hydrogen-bond donors (Lipinski definition) is 1. The quantitative estimate of drug-likeness (QED) is 0.383. The summed E-state index contributed by atoms with van der Waals surface area (Å²) in [6.45, 7) is 0. The molecule has 3 rings (SSSR count). The van der Waals surface area contributed by atoms with Crippen LogP contribution in [0.2, 0.25) is 5.02 Å². The third kappa shape index (κ3) is 7.71. The minimum absolute atomic E-state index is 0.0945. The first-order chi connectivity index (χ1) is 14.3. The summed E-state index contributed by atoms with van der Waals surface area (Å²) >= 11 is 10.0. The summed E-state index contributed by atoms with van der Waals surface area (Å²) in [4.78, 5) is 12.0. The standard InChI is InChI=1S/C18H13ClF3N3O2S3/c19-12-3-1-11(2-4-12)9-28-16-24-25-17(30-16)29-10-15(26)23-13-5-7-14(8-6-13)27-18(20,21)22/h1-8H,9-10H2,(H,23,26). The van der Waals surface area contributed by atoms with Crippen molar-refractivity contribution < 1.29 is 22.7 Å². The molecule has 0 aliphatic rings. The number of aromatic nitrogens is 2. The number of carbonyl (C=O) groups is 1. The van der Waals surface area contributed by atoms with E-state index in [2.05, 4.69) is 20.3 Å². The minimum Gasteiger partial charge on any atom is -0.406 e. The lowest BCUT2D eigenvalue weighted by atomic mass is 10.2. The average Bonchev–Trinajstić information content (AvgIpc) is 3.14. The van der Waals surface area contributed by atoms with E-state index in [4.69, 9.17) is 11.6 Å². The molecule has 0 aliphatic heterocycles. The second-order valence-electron chi connectivity index (χ2n) is 5.66. The number of nitrogens with one attached hydrogen (secondary N) is 1. The number of ether oxygens (including phenoxy) is 1. The Labute approximate surface area is 187 Å². The average molecular weight is 492 g/mol. The molecule has 30 heavy (non-hydrogen) atoms. The molecule has 0 fully saturated rings. The SMILES string of the molecule is O=C(CSc1nnc(SCc2ccc(Cl)cc2)s1)Nc1ccc(OC(F)(F)F)cc1. The van der Waals surface area contributed by atoms with Gasteiger partial charge in [-0.15, -0.1) is 23.4 Å². The third-order valence-electron chi connectivity index (χ3n) is 3.36. The second-order valence-corrected chi connectivity index (χ2v) is 9.52. The topological polar surface area (TPSA) is 64.1 Å². The van der Waals surface area contributed by atoms with Crippen molar-refractivity contribution in [3.63, 3.8) is 0 Å². The fourth-order valence-corrected chi connectivity index (χ4v) is 5.01. The molecule has 0 atom stereocenters. The van der Waals surface area contributed by atoms with Crippen molar-refractivity contribution in [2.45, 2.75) is 20.8 Å². The van der Waals surface area contributed by atoms with Crippen molar-refractivity contribution in [1.82, 2.24) is 10.2 Å². The fourth-order valence-electron chi connectivity index (χ4n) is 2.10. The highest BCUT2D eigenvalue weighted by molar-refractivity contribution is 8.03. The molecule has 5 nitrogen and oxygen atoms in total. The maximum absolute atomic E-state index is 12.2. The van der Waals surface area contributed by atoms with Gasteiger partial charge in [-0.1, -0.05) is 58.6 Å². The number of anilines is 1. The number of rotatable bonds is 8. The first kappa shape index (κ1) is 22.7. The number of nitrogens with zero attached hydrogens (tertiary/aromatic N) is 2. The van der Waals surface area contributed by atoms with Gasteiger partial charge in [0, 0.05) is 16.5 Å². The number of alkyl halides is 3. The predicted octanol–water partition coefficient (Wildman–Crippen LogP) is 6.11. The van der Waals surface area contributed by atoms with Crippen LogP contribution in [0.5, 0.6) is 5.75 Å². The van der Waals surface area contributed by atoms with E-state index in [9.17, 15) is 18.0 Å². The third-order valence-corrected chi connectivity index (χ3v) is 6.87. The Balaban J connectivity index is 1.43. The number of benzene rings is 2. The Morgan fingerprint density at radius 1 is 1.03 bits per heavy atom. The van der Waals surface area contributed by atoms with Gasteiger partial charge < -0.3 is 10.1 Å². The van der Waals surface area contributed by atoms with Crippen molar-refractivity contribution in [3.8, 4) is 5.75 Å². The normalized spacial score (nSPS) is 11.3. The lowest BCUT2D eigenvalue weighted by Gasteiger charge is -2.09. The maximum atomic E-state index is 12.2. The molecular weight excluding hydrogens is 479 g/mol. The lowest BCUT2D eigenvalue weighted by molar-refractivity contribution is -0.274. The van der Waals surface area contributed by atoms with Crippen LogP contribution < -0.4 is 10.1 Å². The van der Waals surface area contributed by atoms with Crippen LogP contribution in [0.25, 0.3) is 0 Å². The Bertz CT molecular complexity index is 983. The summed E-state index contributed by atoms with van der Waals surface area (Å²) in [7, 11) is 0. The van der Waals surface area contributed by atoms with Gasteiger partial charge >= 0.3 is 6.36 Å². The van der Waals surface area contributed by atoms with Crippen molar-refractivity contribution in [1.29, 1.82) is 0 Å². The van der Waals surface area contributed by atoms with Crippen LogP contribution in [0, 0.1) is 0 Å². The summed E-state index contributed by atoms with van der Waals surface area (Å²) in [5, 5.41) is 11.4. The zero-order valence-corrected chi connectivity index (χ0v) is 18.2. The summed E-state index contributed by atoms with van der Waals surface area (Å²) in [6.07, 6.45) is -4.75. The molecule has 12 heteroatoms. The van der Waals surface area contributed by atoms with Crippen molar-refractivity contribution in [2.75, 3.05) is 11.1 Å². The van der Waals surface area contributed by atoms with Crippen LogP contribution in [-0.4, -0.2) is 28.2 Å². The Hall–Kier alpha value is -1.95. The molecule has 2 aromatic carbocycles. The highest BCUT2D eigenvalue weighted by atomic mass is 35.5. The fraction of sp³-hybridized carbons (Fsp3) is 0.167. The predicted molar refractivity (Wildman–Crippen MR) is 113 cm³/mol. The molecule has 1 amide bonds. The molecule has 1 N–H and O–H groups in total. The van der Waals surface area contributed by atoms with Gasteiger partial charge in [0.1, 0.15) is 5.75 Å². The van der Waals surface area contributed by atoms with Gasteiger partial charge in [0.25, 0.3) is 0 Å². The van der Waals surface area contributed by atoms with Crippen LogP contribution in [0.1, 0.15) is 5.56 Å². The van der Waals surface area contributed by atoms with Gasteiger partial charge in [0.05, 0.1) is 5.75 Å². The van der Waals surface area contributed by atoms with Crippen LogP contribution in [0.4, 0.5) is 18.9 Å². The highest BCUT2D eigenvalue weighted by Crippen LogP contribution is 2.31. The second kappa shape index (κ2) is 10.4. The highest BCUT2D eigenvalue weighted by Gasteiger charge is 2.30. The van der Waals surface area contributed by atoms with Gasteiger partial charge in [-0.25, -0.2) is 0 Å². The number of hydrogen-bond acceptors (Lipinski definition) is 7. The van der Waals surface area contributed by atoms with Crippen molar-refractivity contribution >= 4 is 58.1 Å². The number of thioether (sulfide) groups is 2. The molecule has 0 bridgehead atoms. The Morgan fingerprint density at radius 2 is 1.67 bits per heavy atom. The summed E-state index contributed by atoms with van der Waals surface area (Å²) in [5.74, 6) is 0.157. The zero-order chi connectivity index (χ0) is 21.6. The van der Waals surface area contributed by atoms with Gasteiger partial charge in [0.15, 0.2) is 8.68 Å². The van der Waals surface area contributed by atoms with E-state index in [0.29, 0.717) is 15.0 Å². The first-order valence-corrected chi connectivity index (χ1v) is 11.4. The first-order valence-electron chi connectivity index (χ1n) is 8.26. The van der Waals surface area contributed by atoms with Crippen LogP contribution in [0.3, 0.4) is 0 Å². The van der Waals surface area contributed by atoms with E-state index in [1.54, 1.807) is 0 Å². The largest absolute Gasteiger partial charge is 0.573 e. The van der Waals surface area contributed by atoms with Gasteiger partial charge in [-0.2, -0.15) is 0 Å². The molecule has 1 aromatic heterocycles. The minimum atomic E-state index is -4.75. The smallest absolute Gasteiger partial charge is 0.406 e. The van der Waals surface area contributed by atoms with Crippen LogP contribution in [0.15, 0.2) is 57.2 Å². The molecule has 0 saturated heterocycles. The Kier molecular flexibility index (Phi) is 7.87. The van der Waals surface area contributed by atoms with Gasteiger partial charge in [-0.05, 0) is 42.0 Å². The molecule has 1 heterocycles. The van der Waals surface area contributed by atoms with Crippen molar-refractivity contribution in [3.05, 3.63) is 59.1 Å².